The van der Waals surface area contributed by atoms with E-state index in [1.807, 2.05) is 0 Å². The van der Waals surface area contributed by atoms with E-state index in [9.17, 15) is 13.2 Å². The maximum atomic E-state index is 13.0. The third-order valence-electron chi connectivity index (χ3n) is 4.18. The van der Waals surface area contributed by atoms with Crippen molar-refractivity contribution < 1.29 is 17.9 Å². The van der Waals surface area contributed by atoms with Crippen LogP contribution >= 0.6 is 0 Å². The predicted octanol–water partition coefficient (Wildman–Crippen LogP) is 2.72. The predicted molar refractivity (Wildman–Crippen MR) is 84.9 cm³/mol. The Bertz CT molecular complexity index is 912. The molecule has 0 radical (unpaired) electrons. The maximum absolute atomic E-state index is 13.0. The second kappa shape index (κ2) is 6.20. The minimum atomic E-state index is -4.53. The van der Waals surface area contributed by atoms with Crippen LogP contribution in [0.1, 0.15) is 18.2 Å². The van der Waals surface area contributed by atoms with Crippen LogP contribution in [0.5, 0.6) is 0 Å². The number of nitrogens with zero attached hydrogens (tertiary/aromatic N) is 6. The van der Waals surface area contributed by atoms with Crippen LogP contribution in [0, 0.1) is 0 Å². The average molecular weight is 364 g/mol. The summed E-state index contributed by atoms with van der Waals surface area (Å²) in [7, 11) is 1.45. The molecule has 1 aliphatic rings. The molecular formula is C16H15F3N6O. The first-order valence-electron chi connectivity index (χ1n) is 8.01. The Morgan fingerprint density at radius 3 is 2.69 bits per heavy atom. The van der Waals surface area contributed by atoms with Crippen LogP contribution in [0.4, 0.5) is 13.2 Å². The Labute approximate surface area is 146 Å². The van der Waals surface area contributed by atoms with Crippen LogP contribution in [0.3, 0.4) is 0 Å². The molecule has 136 valence electrons. The van der Waals surface area contributed by atoms with Gasteiger partial charge >= 0.3 is 6.18 Å². The van der Waals surface area contributed by atoms with Gasteiger partial charge in [0.1, 0.15) is 11.4 Å². The molecule has 26 heavy (non-hydrogen) atoms. The third-order valence-corrected chi connectivity index (χ3v) is 4.18. The number of pyridine rings is 1. The number of halogens is 3. The summed E-state index contributed by atoms with van der Waals surface area (Å²) >= 11 is 0. The monoisotopic (exact) mass is 364 g/mol. The fourth-order valence-electron chi connectivity index (χ4n) is 2.89. The van der Waals surface area contributed by atoms with Gasteiger partial charge in [-0.15, -0.1) is 5.10 Å². The van der Waals surface area contributed by atoms with Crippen molar-refractivity contribution in [2.45, 2.75) is 18.6 Å². The van der Waals surface area contributed by atoms with Crippen LogP contribution in [-0.4, -0.2) is 42.7 Å². The van der Waals surface area contributed by atoms with E-state index in [2.05, 4.69) is 20.2 Å². The van der Waals surface area contributed by atoms with E-state index in [0.717, 1.165) is 6.07 Å². The number of hydrogen-bond acceptors (Lipinski definition) is 5. The minimum Gasteiger partial charge on any atom is -0.379 e. The van der Waals surface area contributed by atoms with Gasteiger partial charge < -0.3 is 4.74 Å². The molecular weight excluding hydrogens is 349 g/mol. The van der Waals surface area contributed by atoms with Gasteiger partial charge in [-0.05, 0) is 24.6 Å². The summed E-state index contributed by atoms with van der Waals surface area (Å²) < 4.78 is 47.2. The van der Waals surface area contributed by atoms with Gasteiger partial charge in [-0.1, -0.05) is 6.07 Å². The second-order valence-electron chi connectivity index (χ2n) is 5.97. The van der Waals surface area contributed by atoms with Crippen molar-refractivity contribution in [3.63, 3.8) is 0 Å². The first-order valence-corrected chi connectivity index (χ1v) is 8.01. The number of aryl methyl sites for hydroxylation is 1. The van der Waals surface area contributed by atoms with Crippen LogP contribution in [-0.2, 0) is 18.0 Å². The lowest BCUT2D eigenvalue weighted by atomic mass is 10.2. The molecule has 1 fully saturated rings. The van der Waals surface area contributed by atoms with E-state index < -0.39 is 11.9 Å². The van der Waals surface area contributed by atoms with Crippen molar-refractivity contribution in [3.8, 4) is 23.0 Å². The van der Waals surface area contributed by atoms with E-state index in [0.29, 0.717) is 37.0 Å². The van der Waals surface area contributed by atoms with Crippen molar-refractivity contribution in [2.24, 2.45) is 7.05 Å². The third kappa shape index (κ3) is 2.96. The van der Waals surface area contributed by atoms with Crippen molar-refractivity contribution in [1.29, 1.82) is 0 Å². The Kier molecular flexibility index (Phi) is 3.98. The molecule has 1 saturated heterocycles. The molecule has 3 aromatic heterocycles. The quantitative estimate of drug-likeness (QED) is 0.715. The summed E-state index contributed by atoms with van der Waals surface area (Å²) in [6.07, 6.45) is -2.20. The highest BCUT2D eigenvalue weighted by Gasteiger charge is 2.36. The topological polar surface area (TPSA) is 70.7 Å². The lowest BCUT2D eigenvalue weighted by Gasteiger charge is -2.11. The molecule has 3 aromatic rings. The molecule has 0 amide bonds. The normalized spacial score (nSPS) is 17.8. The Morgan fingerprint density at radius 1 is 1.23 bits per heavy atom. The van der Waals surface area contributed by atoms with E-state index in [4.69, 9.17) is 4.74 Å². The van der Waals surface area contributed by atoms with Gasteiger partial charge in [0.05, 0.1) is 12.6 Å². The van der Waals surface area contributed by atoms with Gasteiger partial charge in [0, 0.05) is 19.9 Å². The van der Waals surface area contributed by atoms with Crippen LogP contribution in [0.25, 0.3) is 23.0 Å². The Morgan fingerprint density at radius 2 is 2.08 bits per heavy atom. The smallest absolute Gasteiger partial charge is 0.379 e. The number of ether oxygens (including phenoxy) is 1. The molecule has 0 bridgehead atoms. The average Bonchev–Trinajstić information content (AvgIpc) is 3.33. The number of aromatic nitrogens is 6. The Balaban J connectivity index is 1.84. The van der Waals surface area contributed by atoms with Crippen molar-refractivity contribution in [3.05, 3.63) is 36.2 Å². The SMILES string of the molecule is Cn1nc(C(F)(F)F)cc1-c1nc(-c2ccccn2)nn1C1CCOC1. The molecule has 1 aliphatic heterocycles. The van der Waals surface area contributed by atoms with Crippen molar-refractivity contribution >= 4 is 0 Å². The highest BCUT2D eigenvalue weighted by molar-refractivity contribution is 5.57. The fourth-order valence-corrected chi connectivity index (χ4v) is 2.89. The largest absolute Gasteiger partial charge is 0.435 e. The van der Waals surface area contributed by atoms with Crippen LogP contribution in [0.15, 0.2) is 30.5 Å². The lowest BCUT2D eigenvalue weighted by molar-refractivity contribution is -0.141. The molecule has 1 atom stereocenters. The molecule has 0 spiro atoms. The molecule has 1 unspecified atom stereocenters. The number of hydrogen-bond donors (Lipinski definition) is 0. The highest BCUT2D eigenvalue weighted by Crippen LogP contribution is 2.33. The first kappa shape index (κ1) is 16.7. The summed E-state index contributed by atoms with van der Waals surface area (Å²) in [5.41, 5.74) is -0.185. The lowest BCUT2D eigenvalue weighted by Crippen LogP contribution is -2.13. The standard InChI is InChI=1S/C16H15F3N6O/c1-24-12(8-13(22-24)16(17,18)19)15-21-14(11-4-2-3-6-20-11)23-25(15)10-5-7-26-9-10/h2-4,6,8,10H,5,7,9H2,1H3. The zero-order valence-corrected chi connectivity index (χ0v) is 13.8. The first-order chi connectivity index (χ1) is 12.4. The molecule has 4 heterocycles. The van der Waals surface area contributed by atoms with Gasteiger partial charge in [0.15, 0.2) is 17.3 Å². The van der Waals surface area contributed by atoms with Crippen molar-refractivity contribution in [2.75, 3.05) is 13.2 Å². The summed E-state index contributed by atoms with van der Waals surface area (Å²) in [4.78, 5) is 8.68. The zero-order chi connectivity index (χ0) is 18.3. The number of rotatable bonds is 3. The summed E-state index contributed by atoms with van der Waals surface area (Å²) in [5, 5.41) is 8.06. The Hall–Kier alpha value is -2.75. The van der Waals surface area contributed by atoms with Gasteiger partial charge in [0.25, 0.3) is 0 Å². The summed E-state index contributed by atoms with van der Waals surface area (Å²) in [6.45, 7) is 1.00. The van der Waals surface area contributed by atoms with Crippen LogP contribution < -0.4 is 0 Å². The van der Waals surface area contributed by atoms with E-state index in [1.165, 1.54) is 11.7 Å². The van der Waals surface area contributed by atoms with Gasteiger partial charge in [0.2, 0.25) is 0 Å². The molecule has 0 aromatic carbocycles. The summed E-state index contributed by atoms with van der Waals surface area (Å²) in [6, 6.07) is 6.20. The molecule has 0 N–H and O–H groups in total. The molecule has 0 saturated carbocycles. The molecule has 7 nitrogen and oxygen atoms in total. The fraction of sp³-hybridized carbons (Fsp3) is 0.375. The van der Waals surface area contributed by atoms with Crippen molar-refractivity contribution in [1.82, 2.24) is 29.5 Å². The van der Waals surface area contributed by atoms with E-state index in [1.54, 1.807) is 29.1 Å². The zero-order valence-electron chi connectivity index (χ0n) is 13.8. The van der Waals surface area contributed by atoms with Crippen LogP contribution in [0.2, 0.25) is 0 Å². The second-order valence-corrected chi connectivity index (χ2v) is 5.97. The van der Waals surface area contributed by atoms with Gasteiger partial charge in [-0.2, -0.15) is 18.3 Å². The van der Waals surface area contributed by atoms with E-state index in [-0.39, 0.29) is 11.7 Å². The maximum Gasteiger partial charge on any atom is 0.435 e. The van der Waals surface area contributed by atoms with Gasteiger partial charge in [-0.25, -0.2) is 9.67 Å². The molecule has 10 heteroatoms. The number of alkyl halides is 3. The van der Waals surface area contributed by atoms with Gasteiger partial charge in [-0.3, -0.25) is 9.67 Å². The molecule has 4 rings (SSSR count). The highest BCUT2D eigenvalue weighted by atomic mass is 19.4. The van der Waals surface area contributed by atoms with E-state index >= 15 is 0 Å². The minimum absolute atomic E-state index is 0.0980. The molecule has 0 aliphatic carbocycles. The summed E-state index contributed by atoms with van der Waals surface area (Å²) in [5.74, 6) is 0.661.